The van der Waals surface area contributed by atoms with E-state index in [4.69, 9.17) is 9.47 Å². The largest absolute Gasteiger partial charge is 0.586 e. The number of alkyl halides is 5. The van der Waals surface area contributed by atoms with Crippen LogP contribution in [0.4, 0.5) is 27.6 Å². The lowest BCUT2D eigenvalue weighted by atomic mass is 10.1. The summed E-state index contributed by atoms with van der Waals surface area (Å²) in [6.45, 7) is 2.32. The molecule has 14 heteroatoms. The SMILES string of the molecule is CCOCc1ccc(OCc2c(C#N)c(C(F)(F)F)nn2-c2cccc(C(=O)N(C)c3ccc4c(c3)OC(F)(F)O4)c2)cc1. The van der Waals surface area contributed by atoms with Gasteiger partial charge in [0.25, 0.3) is 5.91 Å². The van der Waals surface area contributed by atoms with Crippen molar-refractivity contribution in [2.45, 2.75) is 32.6 Å². The van der Waals surface area contributed by atoms with Crippen LogP contribution in [0.1, 0.15) is 39.8 Å². The molecule has 5 rings (SSSR count). The predicted molar refractivity (Wildman–Crippen MR) is 145 cm³/mol. The third-order valence-corrected chi connectivity index (χ3v) is 6.55. The number of halogens is 5. The van der Waals surface area contributed by atoms with Gasteiger partial charge in [-0.05, 0) is 55.0 Å². The fraction of sp³-hybridized carbons (Fsp3) is 0.233. The molecule has 0 bridgehead atoms. The van der Waals surface area contributed by atoms with Gasteiger partial charge in [-0.3, -0.25) is 4.79 Å². The minimum atomic E-state index is -4.95. The maximum absolute atomic E-state index is 13.9. The van der Waals surface area contributed by atoms with Gasteiger partial charge < -0.3 is 23.8 Å². The second kappa shape index (κ2) is 11.8. The second-order valence-corrected chi connectivity index (χ2v) is 9.47. The van der Waals surface area contributed by atoms with Crippen molar-refractivity contribution in [2.75, 3.05) is 18.6 Å². The number of amides is 1. The Morgan fingerprint density at radius 2 is 1.77 bits per heavy atom. The van der Waals surface area contributed by atoms with Crippen LogP contribution in [0.3, 0.4) is 0 Å². The smallest absolute Gasteiger partial charge is 0.487 e. The van der Waals surface area contributed by atoms with Gasteiger partial charge in [0.1, 0.15) is 29.7 Å². The molecule has 2 heterocycles. The molecule has 9 nitrogen and oxygen atoms in total. The van der Waals surface area contributed by atoms with Crippen molar-refractivity contribution in [1.29, 1.82) is 5.26 Å². The quantitative estimate of drug-likeness (QED) is 0.199. The van der Waals surface area contributed by atoms with Crippen LogP contribution in [0, 0.1) is 11.3 Å². The van der Waals surface area contributed by atoms with Crippen LogP contribution in [-0.2, 0) is 24.1 Å². The molecule has 1 amide bonds. The zero-order valence-corrected chi connectivity index (χ0v) is 23.2. The Bertz CT molecular complexity index is 1730. The first kappa shape index (κ1) is 30.3. The molecule has 0 radical (unpaired) electrons. The lowest BCUT2D eigenvalue weighted by Gasteiger charge is -2.18. The lowest BCUT2D eigenvalue weighted by molar-refractivity contribution is -0.286. The van der Waals surface area contributed by atoms with Crippen LogP contribution in [0.2, 0.25) is 0 Å². The molecule has 0 spiro atoms. The number of carbonyl (C=O) groups is 1. The molecule has 0 atom stereocenters. The summed E-state index contributed by atoms with van der Waals surface area (Å²) in [6, 6.07) is 17.7. The molecule has 1 aliphatic rings. The number of nitrogens with zero attached hydrogens (tertiary/aromatic N) is 4. The van der Waals surface area contributed by atoms with E-state index in [2.05, 4.69) is 14.6 Å². The number of ether oxygens (including phenoxy) is 4. The van der Waals surface area contributed by atoms with Crippen molar-refractivity contribution in [3.63, 3.8) is 0 Å². The summed E-state index contributed by atoms with van der Waals surface area (Å²) in [4.78, 5) is 14.5. The topological polar surface area (TPSA) is 98.8 Å². The van der Waals surface area contributed by atoms with Crippen molar-refractivity contribution >= 4 is 11.6 Å². The average molecular weight is 615 g/mol. The predicted octanol–water partition coefficient (Wildman–Crippen LogP) is 6.48. The Morgan fingerprint density at radius 1 is 1.05 bits per heavy atom. The normalized spacial score (nSPS) is 13.4. The average Bonchev–Trinajstić information content (AvgIpc) is 3.54. The molecule has 0 saturated heterocycles. The molecule has 1 aromatic heterocycles. The highest BCUT2D eigenvalue weighted by molar-refractivity contribution is 6.06. The summed E-state index contributed by atoms with van der Waals surface area (Å²) in [7, 11) is 1.38. The van der Waals surface area contributed by atoms with Crippen LogP contribution in [0.5, 0.6) is 17.2 Å². The minimum Gasteiger partial charge on any atom is -0.487 e. The standard InChI is InChI=1S/C30H23F5N4O5/c1-3-41-16-18-7-10-22(11-8-18)42-17-24-23(15-36)27(29(31,32)33)37-39(24)21-6-4-5-19(13-21)28(40)38(2)20-9-12-25-26(14-20)44-30(34,35)43-25/h4-14H,3,16-17H2,1-2H3. The van der Waals surface area contributed by atoms with Crippen molar-refractivity contribution < 1.29 is 45.7 Å². The molecule has 0 unspecified atom stereocenters. The van der Waals surface area contributed by atoms with E-state index < -0.39 is 36.2 Å². The Balaban J connectivity index is 1.44. The summed E-state index contributed by atoms with van der Waals surface area (Å²) >= 11 is 0. The molecule has 0 aliphatic carbocycles. The Labute approximate surface area is 247 Å². The Kier molecular flexibility index (Phi) is 8.16. The molecule has 0 N–H and O–H groups in total. The van der Waals surface area contributed by atoms with Gasteiger partial charge in [0, 0.05) is 31.0 Å². The van der Waals surface area contributed by atoms with Gasteiger partial charge in [-0.2, -0.15) is 23.5 Å². The van der Waals surface area contributed by atoms with Gasteiger partial charge in [0.05, 0.1) is 12.3 Å². The van der Waals surface area contributed by atoms with E-state index in [1.165, 1.54) is 49.5 Å². The highest BCUT2D eigenvalue weighted by atomic mass is 19.4. The Hall–Kier alpha value is -5.16. The van der Waals surface area contributed by atoms with E-state index in [0.717, 1.165) is 15.1 Å². The summed E-state index contributed by atoms with van der Waals surface area (Å²) < 4.78 is 89.4. The minimum absolute atomic E-state index is 0.0346. The number of nitriles is 1. The van der Waals surface area contributed by atoms with Crippen molar-refractivity contribution in [3.8, 4) is 29.0 Å². The highest BCUT2D eigenvalue weighted by Gasteiger charge is 2.43. The fourth-order valence-corrected chi connectivity index (χ4v) is 4.40. The zero-order chi connectivity index (χ0) is 31.6. The molecule has 3 aromatic carbocycles. The van der Waals surface area contributed by atoms with Crippen LogP contribution >= 0.6 is 0 Å². The van der Waals surface area contributed by atoms with Gasteiger partial charge in [0.15, 0.2) is 17.2 Å². The van der Waals surface area contributed by atoms with Crippen LogP contribution < -0.4 is 19.1 Å². The van der Waals surface area contributed by atoms with Crippen LogP contribution in [-0.4, -0.2) is 35.6 Å². The molecule has 4 aromatic rings. The molecule has 0 saturated carbocycles. The lowest BCUT2D eigenvalue weighted by Crippen LogP contribution is -2.26. The number of hydrogen-bond donors (Lipinski definition) is 0. The monoisotopic (exact) mass is 614 g/mol. The fourth-order valence-electron chi connectivity index (χ4n) is 4.40. The van der Waals surface area contributed by atoms with Gasteiger partial charge >= 0.3 is 12.5 Å². The number of rotatable bonds is 9. The van der Waals surface area contributed by atoms with E-state index in [1.807, 2.05) is 6.92 Å². The van der Waals surface area contributed by atoms with Gasteiger partial charge in [-0.1, -0.05) is 18.2 Å². The molecular formula is C30H23F5N4O5. The summed E-state index contributed by atoms with van der Waals surface area (Å²) in [5, 5.41) is 13.4. The van der Waals surface area contributed by atoms with Crippen LogP contribution in [0.15, 0.2) is 66.7 Å². The van der Waals surface area contributed by atoms with Crippen molar-refractivity contribution in [3.05, 3.63) is 94.8 Å². The van der Waals surface area contributed by atoms with Gasteiger partial charge in [-0.25, -0.2) is 4.68 Å². The summed E-state index contributed by atoms with van der Waals surface area (Å²) in [6.07, 6.45) is -8.79. The molecule has 1 aliphatic heterocycles. The van der Waals surface area contributed by atoms with Crippen molar-refractivity contribution in [2.24, 2.45) is 0 Å². The second-order valence-electron chi connectivity index (χ2n) is 9.47. The number of anilines is 1. The Morgan fingerprint density at radius 3 is 2.45 bits per heavy atom. The summed E-state index contributed by atoms with van der Waals surface area (Å²) in [5.74, 6) is -0.756. The van der Waals surface area contributed by atoms with E-state index in [9.17, 15) is 32.0 Å². The van der Waals surface area contributed by atoms with Crippen LogP contribution in [0.25, 0.3) is 5.69 Å². The van der Waals surface area contributed by atoms with E-state index in [1.54, 1.807) is 30.3 Å². The molecule has 44 heavy (non-hydrogen) atoms. The van der Waals surface area contributed by atoms with Crippen molar-refractivity contribution in [1.82, 2.24) is 9.78 Å². The third-order valence-electron chi connectivity index (χ3n) is 6.55. The third kappa shape index (κ3) is 6.28. The maximum atomic E-state index is 13.9. The zero-order valence-electron chi connectivity index (χ0n) is 23.2. The first-order valence-electron chi connectivity index (χ1n) is 13.1. The molecule has 0 fully saturated rings. The highest BCUT2D eigenvalue weighted by Crippen LogP contribution is 2.43. The number of benzene rings is 3. The molecule has 228 valence electrons. The number of hydrogen-bond acceptors (Lipinski definition) is 7. The van der Waals surface area contributed by atoms with E-state index >= 15 is 0 Å². The number of carbonyl (C=O) groups excluding carboxylic acids is 1. The van der Waals surface area contributed by atoms with Gasteiger partial charge in [-0.15, -0.1) is 8.78 Å². The van der Waals surface area contributed by atoms with E-state index in [-0.39, 0.29) is 34.1 Å². The first-order chi connectivity index (χ1) is 20.9. The number of fused-ring (bicyclic) bond motifs is 1. The molecular weight excluding hydrogens is 591 g/mol. The summed E-state index contributed by atoms with van der Waals surface area (Å²) in [5.41, 5.74) is -1.18. The number of aromatic nitrogens is 2. The maximum Gasteiger partial charge on any atom is 0.586 e. The van der Waals surface area contributed by atoms with E-state index in [0.29, 0.717) is 19.0 Å². The van der Waals surface area contributed by atoms with Gasteiger partial charge in [0.2, 0.25) is 0 Å². The first-order valence-corrected chi connectivity index (χ1v) is 13.1.